The predicted molar refractivity (Wildman–Crippen MR) is 82.6 cm³/mol. The fourth-order valence-electron chi connectivity index (χ4n) is 1.97. The van der Waals surface area contributed by atoms with E-state index in [0.717, 1.165) is 4.68 Å². The minimum Gasteiger partial charge on any atom is -0.486 e. The Bertz CT molecular complexity index is 803. The summed E-state index contributed by atoms with van der Waals surface area (Å²) in [5.74, 6) is 0.766. The zero-order valence-electron chi connectivity index (χ0n) is 11.6. The molecule has 8 heteroatoms. The molecule has 0 spiro atoms. The summed E-state index contributed by atoms with van der Waals surface area (Å²) in [6.07, 6.45) is 0. The number of aromatic nitrogens is 2. The van der Waals surface area contributed by atoms with Crippen LogP contribution in [0.15, 0.2) is 33.5 Å². The van der Waals surface area contributed by atoms with Gasteiger partial charge in [-0.25, -0.2) is 4.68 Å². The number of benzene rings is 1. The molecule has 0 radical (unpaired) electrons. The maximum absolute atomic E-state index is 12.2. The molecule has 22 heavy (non-hydrogen) atoms. The first-order valence-electron chi connectivity index (χ1n) is 6.49. The summed E-state index contributed by atoms with van der Waals surface area (Å²) in [6.45, 7) is 0.956. The monoisotopic (exact) mass is 365 g/mol. The van der Waals surface area contributed by atoms with Gasteiger partial charge in [-0.05, 0) is 22.0 Å². The van der Waals surface area contributed by atoms with Crippen molar-refractivity contribution in [2.45, 2.75) is 0 Å². The lowest BCUT2D eigenvalue weighted by molar-refractivity contribution is 0.102. The fraction of sp³-hybridized carbons (Fsp3) is 0.214. The largest absolute Gasteiger partial charge is 0.486 e. The van der Waals surface area contributed by atoms with E-state index < -0.39 is 5.91 Å². The van der Waals surface area contributed by atoms with Crippen molar-refractivity contribution in [2.24, 2.45) is 7.05 Å². The SMILES string of the molecule is Cn1nc(C(=O)Nc2cc3c(cc2Br)OCCO3)ccc1=O. The second kappa shape index (κ2) is 5.80. The van der Waals surface area contributed by atoms with E-state index in [0.29, 0.717) is 34.9 Å². The number of aryl methyl sites for hydroxylation is 1. The van der Waals surface area contributed by atoms with Gasteiger partial charge in [-0.1, -0.05) is 0 Å². The van der Waals surface area contributed by atoms with Crippen LogP contribution in [0, 0.1) is 0 Å². The van der Waals surface area contributed by atoms with Crippen LogP contribution in [-0.2, 0) is 7.05 Å². The Morgan fingerprint density at radius 3 is 2.64 bits per heavy atom. The molecule has 1 aromatic carbocycles. The molecule has 7 nitrogen and oxygen atoms in total. The van der Waals surface area contributed by atoms with Gasteiger partial charge in [0, 0.05) is 29.7 Å². The van der Waals surface area contributed by atoms with E-state index in [1.54, 1.807) is 12.1 Å². The quantitative estimate of drug-likeness (QED) is 0.873. The molecular weight excluding hydrogens is 354 g/mol. The minimum atomic E-state index is -0.423. The summed E-state index contributed by atoms with van der Waals surface area (Å²) in [6, 6.07) is 6.08. The molecule has 0 saturated carbocycles. The molecule has 1 aliphatic rings. The van der Waals surface area contributed by atoms with E-state index in [9.17, 15) is 9.59 Å². The van der Waals surface area contributed by atoms with Crippen LogP contribution in [0.4, 0.5) is 5.69 Å². The number of hydrogen-bond donors (Lipinski definition) is 1. The summed E-state index contributed by atoms with van der Waals surface area (Å²) >= 11 is 3.38. The van der Waals surface area contributed by atoms with Crippen molar-refractivity contribution >= 4 is 27.5 Å². The van der Waals surface area contributed by atoms with E-state index in [4.69, 9.17) is 9.47 Å². The number of carbonyl (C=O) groups is 1. The van der Waals surface area contributed by atoms with Crippen LogP contribution in [0.2, 0.25) is 0 Å². The lowest BCUT2D eigenvalue weighted by Gasteiger charge is -2.20. The highest BCUT2D eigenvalue weighted by atomic mass is 79.9. The van der Waals surface area contributed by atoms with Gasteiger partial charge >= 0.3 is 0 Å². The van der Waals surface area contributed by atoms with Crippen molar-refractivity contribution in [3.8, 4) is 11.5 Å². The summed E-state index contributed by atoms with van der Waals surface area (Å²) < 4.78 is 12.7. The molecule has 0 fully saturated rings. The van der Waals surface area contributed by atoms with Crippen LogP contribution >= 0.6 is 15.9 Å². The standard InChI is InChI=1S/C14H12BrN3O4/c1-18-13(19)3-2-9(17-18)14(20)16-10-7-12-11(6-8(10)15)21-4-5-22-12/h2-3,6-7H,4-5H2,1H3,(H,16,20). The number of ether oxygens (including phenoxy) is 2. The highest BCUT2D eigenvalue weighted by molar-refractivity contribution is 9.10. The Kier molecular flexibility index (Phi) is 3.84. The van der Waals surface area contributed by atoms with Crippen LogP contribution in [0.5, 0.6) is 11.5 Å². The van der Waals surface area contributed by atoms with Gasteiger partial charge < -0.3 is 14.8 Å². The number of nitrogens with one attached hydrogen (secondary N) is 1. The Balaban J connectivity index is 1.87. The van der Waals surface area contributed by atoms with E-state index >= 15 is 0 Å². The third kappa shape index (κ3) is 2.82. The molecule has 2 aromatic rings. The molecule has 1 aromatic heterocycles. The lowest BCUT2D eigenvalue weighted by Crippen LogP contribution is -2.23. The van der Waals surface area contributed by atoms with Crippen LogP contribution in [-0.4, -0.2) is 28.9 Å². The van der Waals surface area contributed by atoms with Crippen LogP contribution < -0.4 is 20.3 Å². The average molecular weight is 366 g/mol. The van der Waals surface area contributed by atoms with Gasteiger partial charge in [0.25, 0.3) is 11.5 Å². The summed E-state index contributed by atoms with van der Waals surface area (Å²) in [7, 11) is 1.49. The normalized spacial score (nSPS) is 12.8. The fourth-order valence-corrected chi connectivity index (χ4v) is 2.39. The van der Waals surface area contributed by atoms with Gasteiger partial charge in [0.15, 0.2) is 11.5 Å². The average Bonchev–Trinajstić information content (AvgIpc) is 2.50. The first-order valence-corrected chi connectivity index (χ1v) is 7.29. The van der Waals surface area contributed by atoms with Crippen molar-refractivity contribution in [1.82, 2.24) is 9.78 Å². The van der Waals surface area contributed by atoms with Crippen molar-refractivity contribution in [3.63, 3.8) is 0 Å². The van der Waals surface area contributed by atoms with Gasteiger partial charge in [0.2, 0.25) is 0 Å². The Hall–Kier alpha value is -2.35. The number of fused-ring (bicyclic) bond motifs is 1. The van der Waals surface area contributed by atoms with Crippen molar-refractivity contribution in [2.75, 3.05) is 18.5 Å². The molecular formula is C14H12BrN3O4. The number of carbonyl (C=O) groups excluding carboxylic acids is 1. The number of amides is 1. The molecule has 0 saturated heterocycles. The Morgan fingerprint density at radius 1 is 1.27 bits per heavy atom. The summed E-state index contributed by atoms with van der Waals surface area (Å²) in [5, 5.41) is 6.63. The zero-order valence-corrected chi connectivity index (χ0v) is 13.2. The molecule has 0 atom stereocenters. The van der Waals surface area contributed by atoms with Gasteiger partial charge in [-0.3, -0.25) is 9.59 Å². The van der Waals surface area contributed by atoms with Gasteiger partial charge in [0.1, 0.15) is 18.9 Å². The van der Waals surface area contributed by atoms with Crippen molar-refractivity contribution in [3.05, 3.63) is 44.8 Å². The van der Waals surface area contributed by atoms with Gasteiger partial charge in [-0.2, -0.15) is 5.10 Å². The van der Waals surface area contributed by atoms with Crippen LogP contribution in [0.3, 0.4) is 0 Å². The molecule has 0 bridgehead atoms. The first kappa shape index (κ1) is 14.6. The molecule has 1 N–H and O–H groups in total. The van der Waals surface area contributed by atoms with Gasteiger partial charge in [0.05, 0.1) is 5.69 Å². The third-order valence-corrected chi connectivity index (χ3v) is 3.73. The number of nitrogens with zero attached hydrogens (tertiary/aromatic N) is 2. The topological polar surface area (TPSA) is 82.5 Å². The zero-order chi connectivity index (χ0) is 15.7. The highest BCUT2D eigenvalue weighted by Gasteiger charge is 2.17. The molecule has 0 aliphatic carbocycles. The highest BCUT2D eigenvalue weighted by Crippen LogP contribution is 2.38. The first-order chi connectivity index (χ1) is 10.5. The van der Waals surface area contributed by atoms with E-state index in [1.165, 1.54) is 19.2 Å². The number of halogens is 1. The van der Waals surface area contributed by atoms with Crippen LogP contribution in [0.1, 0.15) is 10.5 Å². The molecule has 1 amide bonds. The summed E-state index contributed by atoms with van der Waals surface area (Å²) in [4.78, 5) is 23.5. The van der Waals surface area contributed by atoms with E-state index in [-0.39, 0.29) is 11.3 Å². The smallest absolute Gasteiger partial charge is 0.276 e. The second-order valence-corrected chi connectivity index (χ2v) is 5.46. The van der Waals surface area contributed by atoms with Crippen molar-refractivity contribution < 1.29 is 14.3 Å². The molecule has 3 rings (SSSR count). The number of rotatable bonds is 2. The molecule has 0 unspecified atom stereocenters. The summed E-state index contributed by atoms with van der Waals surface area (Å²) in [5.41, 5.74) is 0.394. The lowest BCUT2D eigenvalue weighted by atomic mass is 10.2. The molecule has 114 valence electrons. The second-order valence-electron chi connectivity index (χ2n) is 4.61. The molecule has 2 heterocycles. The van der Waals surface area contributed by atoms with E-state index in [1.807, 2.05) is 0 Å². The number of anilines is 1. The number of hydrogen-bond acceptors (Lipinski definition) is 5. The van der Waals surface area contributed by atoms with E-state index in [2.05, 4.69) is 26.3 Å². The predicted octanol–water partition coefficient (Wildman–Crippen LogP) is 1.57. The van der Waals surface area contributed by atoms with Crippen LogP contribution in [0.25, 0.3) is 0 Å². The molecule has 1 aliphatic heterocycles. The Labute approximate surface area is 134 Å². The third-order valence-electron chi connectivity index (χ3n) is 3.07. The Morgan fingerprint density at radius 2 is 1.95 bits per heavy atom. The maximum Gasteiger partial charge on any atom is 0.276 e. The minimum absolute atomic E-state index is 0.142. The van der Waals surface area contributed by atoms with Gasteiger partial charge in [-0.15, -0.1) is 0 Å². The van der Waals surface area contributed by atoms with Crippen molar-refractivity contribution in [1.29, 1.82) is 0 Å². The maximum atomic E-state index is 12.2.